The Morgan fingerprint density at radius 2 is 1.95 bits per heavy atom. The second-order valence-corrected chi connectivity index (χ2v) is 5.81. The molecule has 21 heavy (non-hydrogen) atoms. The van der Waals surface area contributed by atoms with Crippen LogP contribution in [-0.4, -0.2) is 33.6 Å². The van der Waals surface area contributed by atoms with E-state index in [1.54, 1.807) is 0 Å². The summed E-state index contributed by atoms with van der Waals surface area (Å²) in [6, 6.07) is 10.7. The summed E-state index contributed by atoms with van der Waals surface area (Å²) in [5, 5.41) is 4.43. The number of hydrogen-bond acceptors (Lipinski definition) is 3. The minimum Gasteiger partial charge on any atom is -0.300 e. The van der Waals surface area contributed by atoms with E-state index in [0.29, 0.717) is 11.8 Å². The summed E-state index contributed by atoms with van der Waals surface area (Å²) in [6.07, 6.45) is 7.46. The van der Waals surface area contributed by atoms with E-state index in [0.717, 1.165) is 37.9 Å². The van der Waals surface area contributed by atoms with E-state index in [1.165, 1.54) is 5.56 Å². The Balaban J connectivity index is 1.63. The largest absolute Gasteiger partial charge is 0.300 e. The van der Waals surface area contributed by atoms with Gasteiger partial charge in [-0.15, -0.1) is 0 Å². The van der Waals surface area contributed by atoms with Gasteiger partial charge in [0, 0.05) is 37.2 Å². The lowest BCUT2D eigenvalue weighted by molar-refractivity contribution is -0.121. The molecule has 4 nitrogen and oxygen atoms in total. The predicted octanol–water partition coefficient (Wildman–Crippen LogP) is 2.82. The normalized spacial score (nSPS) is 16.6. The SMILES string of the molecule is CN(Cc1cnn(-c2ccccc2)c1)C1CCC(=O)CC1. The number of ketones is 1. The van der Waals surface area contributed by atoms with Crippen molar-refractivity contribution in [2.24, 2.45) is 0 Å². The van der Waals surface area contributed by atoms with Crippen molar-refractivity contribution >= 4 is 5.78 Å². The van der Waals surface area contributed by atoms with Crippen LogP contribution in [0.2, 0.25) is 0 Å². The topological polar surface area (TPSA) is 38.1 Å². The van der Waals surface area contributed by atoms with Crippen LogP contribution in [0, 0.1) is 0 Å². The Morgan fingerprint density at radius 1 is 1.24 bits per heavy atom. The molecule has 2 aromatic rings. The molecule has 0 bridgehead atoms. The van der Waals surface area contributed by atoms with Gasteiger partial charge >= 0.3 is 0 Å². The van der Waals surface area contributed by atoms with Gasteiger partial charge in [0.05, 0.1) is 11.9 Å². The third kappa shape index (κ3) is 3.39. The van der Waals surface area contributed by atoms with Gasteiger partial charge in [-0.25, -0.2) is 4.68 Å². The minimum atomic E-state index is 0.413. The first-order chi connectivity index (χ1) is 10.2. The molecule has 0 unspecified atom stereocenters. The van der Waals surface area contributed by atoms with Gasteiger partial charge in [0.2, 0.25) is 0 Å². The highest BCUT2D eigenvalue weighted by Crippen LogP contribution is 2.21. The van der Waals surface area contributed by atoms with Crippen molar-refractivity contribution in [2.45, 2.75) is 38.3 Å². The molecule has 1 saturated carbocycles. The number of benzene rings is 1. The molecule has 1 aromatic carbocycles. The highest BCUT2D eigenvalue weighted by Gasteiger charge is 2.22. The van der Waals surface area contributed by atoms with Crippen LogP contribution in [0.5, 0.6) is 0 Å². The summed E-state index contributed by atoms with van der Waals surface area (Å²) < 4.78 is 1.91. The van der Waals surface area contributed by atoms with E-state index in [9.17, 15) is 4.79 Å². The molecule has 1 aromatic heterocycles. The van der Waals surface area contributed by atoms with Gasteiger partial charge in [-0.05, 0) is 32.0 Å². The quantitative estimate of drug-likeness (QED) is 0.866. The second kappa shape index (κ2) is 6.22. The maximum absolute atomic E-state index is 11.3. The van der Waals surface area contributed by atoms with Crippen LogP contribution in [0.4, 0.5) is 0 Å². The van der Waals surface area contributed by atoms with Crippen molar-refractivity contribution in [2.75, 3.05) is 7.05 Å². The number of Topliss-reactive ketones (excluding diaryl/α,β-unsaturated/α-hetero) is 1. The molecule has 0 atom stereocenters. The number of para-hydroxylation sites is 1. The average Bonchev–Trinajstić information content (AvgIpc) is 2.97. The van der Waals surface area contributed by atoms with E-state index >= 15 is 0 Å². The van der Waals surface area contributed by atoms with E-state index in [-0.39, 0.29) is 0 Å². The van der Waals surface area contributed by atoms with Crippen LogP contribution in [0.1, 0.15) is 31.2 Å². The number of aromatic nitrogens is 2. The summed E-state index contributed by atoms with van der Waals surface area (Å²) in [5.74, 6) is 0.413. The average molecular weight is 283 g/mol. The van der Waals surface area contributed by atoms with E-state index in [2.05, 4.69) is 23.2 Å². The third-order valence-corrected chi connectivity index (χ3v) is 4.22. The first kappa shape index (κ1) is 14.0. The lowest BCUT2D eigenvalue weighted by atomic mass is 9.93. The maximum atomic E-state index is 11.3. The van der Waals surface area contributed by atoms with Crippen molar-refractivity contribution < 1.29 is 4.79 Å². The van der Waals surface area contributed by atoms with Crippen LogP contribution in [-0.2, 0) is 11.3 Å². The van der Waals surface area contributed by atoms with Crippen molar-refractivity contribution in [1.82, 2.24) is 14.7 Å². The van der Waals surface area contributed by atoms with Gasteiger partial charge < -0.3 is 0 Å². The van der Waals surface area contributed by atoms with Crippen molar-refractivity contribution in [1.29, 1.82) is 0 Å². The third-order valence-electron chi connectivity index (χ3n) is 4.22. The Labute approximate surface area is 125 Å². The zero-order chi connectivity index (χ0) is 14.7. The zero-order valence-electron chi connectivity index (χ0n) is 12.4. The van der Waals surface area contributed by atoms with Gasteiger partial charge in [0.25, 0.3) is 0 Å². The van der Waals surface area contributed by atoms with Crippen LogP contribution in [0.25, 0.3) is 5.69 Å². The molecule has 0 radical (unpaired) electrons. The fraction of sp³-hybridized carbons (Fsp3) is 0.412. The number of nitrogens with zero attached hydrogens (tertiary/aromatic N) is 3. The fourth-order valence-electron chi connectivity index (χ4n) is 2.95. The van der Waals surface area contributed by atoms with Crippen molar-refractivity contribution in [3.63, 3.8) is 0 Å². The Hall–Kier alpha value is -1.94. The van der Waals surface area contributed by atoms with Crippen LogP contribution < -0.4 is 0 Å². The maximum Gasteiger partial charge on any atom is 0.133 e. The van der Waals surface area contributed by atoms with Crippen molar-refractivity contribution in [3.05, 3.63) is 48.3 Å². The molecule has 1 aliphatic carbocycles. The molecule has 3 rings (SSSR count). The highest BCUT2D eigenvalue weighted by atomic mass is 16.1. The van der Waals surface area contributed by atoms with Gasteiger partial charge in [0.15, 0.2) is 0 Å². The molecule has 0 spiro atoms. The lowest BCUT2D eigenvalue weighted by Crippen LogP contribution is -2.34. The Morgan fingerprint density at radius 3 is 2.67 bits per heavy atom. The minimum absolute atomic E-state index is 0.413. The summed E-state index contributed by atoms with van der Waals surface area (Å²) in [6.45, 7) is 0.881. The van der Waals surface area contributed by atoms with Gasteiger partial charge in [-0.2, -0.15) is 5.10 Å². The van der Waals surface area contributed by atoms with Gasteiger partial charge in [-0.1, -0.05) is 18.2 Å². The van der Waals surface area contributed by atoms with Crippen LogP contribution in [0.3, 0.4) is 0 Å². The lowest BCUT2D eigenvalue weighted by Gasteiger charge is -2.30. The molecule has 0 aliphatic heterocycles. The molecule has 0 amide bonds. The molecule has 4 heteroatoms. The molecule has 1 aliphatic rings. The molecule has 1 fully saturated rings. The summed E-state index contributed by atoms with van der Waals surface area (Å²) in [7, 11) is 2.14. The summed E-state index contributed by atoms with van der Waals surface area (Å²) in [4.78, 5) is 13.7. The fourth-order valence-corrected chi connectivity index (χ4v) is 2.95. The summed E-state index contributed by atoms with van der Waals surface area (Å²) >= 11 is 0. The van der Waals surface area contributed by atoms with E-state index < -0.39 is 0 Å². The van der Waals surface area contributed by atoms with Crippen LogP contribution in [0.15, 0.2) is 42.7 Å². The molecule has 110 valence electrons. The molecule has 1 heterocycles. The zero-order valence-corrected chi connectivity index (χ0v) is 12.4. The summed E-state index contributed by atoms with van der Waals surface area (Å²) in [5.41, 5.74) is 2.29. The first-order valence-electron chi connectivity index (χ1n) is 7.53. The van der Waals surface area contributed by atoms with Crippen LogP contribution >= 0.6 is 0 Å². The molecular weight excluding hydrogens is 262 g/mol. The van der Waals surface area contributed by atoms with E-state index in [1.807, 2.05) is 41.2 Å². The smallest absolute Gasteiger partial charge is 0.133 e. The van der Waals surface area contributed by atoms with Gasteiger partial charge in [0.1, 0.15) is 5.78 Å². The number of carbonyl (C=O) groups excluding carboxylic acids is 1. The second-order valence-electron chi connectivity index (χ2n) is 5.81. The standard InChI is InChI=1S/C17H21N3O/c1-19(15-7-9-17(21)10-8-15)12-14-11-18-20(13-14)16-5-3-2-4-6-16/h2-6,11,13,15H,7-10,12H2,1H3. The number of rotatable bonds is 4. The van der Waals surface area contributed by atoms with E-state index in [4.69, 9.17) is 0 Å². The molecule has 0 saturated heterocycles. The highest BCUT2D eigenvalue weighted by molar-refractivity contribution is 5.79. The van der Waals surface area contributed by atoms with Crippen molar-refractivity contribution in [3.8, 4) is 5.69 Å². The number of carbonyl (C=O) groups is 1. The first-order valence-corrected chi connectivity index (χ1v) is 7.53. The monoisotopic (exact) mass is 283 g/mol. The Kier molecular flexibility index (Phi) is 4.15. The molecular formula is C17H21N3O. The predicted molar refractivity (Wildman–Crippen MR) is 82.3 cm³/mol. The molecule has 0 N–H and O–H groups in total. The Bertz CT molecular complexity index is 596. The number of hydrogen-bond donors (Lipinski definition) is 0. The van der Waals surface area contributed by atoms with Gasteiger partial charge in [-0.3, -0.25) is 9.69 Å².